The number of hydrogen-bond donors (Lipinski definition) is 2. The number of hydrogen-bond acceptors (Lipinski definition) is 3. The molecule has 3 aromatic carbocycles. The van der Waals surface area contributed by atoms with Gasteiger partial charge in [-0.1, -0.05) is 67.6 Å². The maximum Gasteiger partial charge on any atom is 0.416 e. The molecule has 0 unspecified atom stereocenters. The Morgan fingerprint density at radius 2 is 1.67 bits per heavy atom. The Morgan fingerprint density at radius 3 is 2.33 bits per heavy atom. The molecule has 36 heavy (non-hydrogen) atoms. The fourth-order valence-electron chi connectivity index (χ4n) is 4.72. The monoisotopic (exact) mass is 496 g/mol. The van der Waals surface area contributed by atoms with Crippen LogP contribution >= 0.6 is 0 Å². The van der Waals surface area contributed by atoms with Gasteiger partial charge in [0, 0.05) is 18.7 Å². The molecule has 0 fully saturated rings. The first-order chi connectivity index (χ1) is 17.3. The van der Waals surface area contributed by atoms with Crippen molar-refractivity contribution in [1.29, 1.82) is 0 Å². The molecule has 1 aliphatic heterocycles. The van der Waals surface area contributed by atoms with Crippen LogP contribution in [0.4, 0.5) is 13.2 Å². The van der Waals surface area contributed by atoms with Gasteiger partial charge in [0.15, 0.2) is 0 Å². The molecule has 0 bridgehead atoms. The first-order valence-electron chi connectivity index (χ1n) is 11.8. The molecule has 2 N–H and O–H groups in total. The smallest absolute Gasteiger partial charge is 0.392 e. The second-order valence-electron chi connectivity index (χ2n) is 8.79. The normalized spacial score (nSPS) is 17.6. The quantitative estimate of drug-likeness (QED) is 0.472. The van der Waals surface area contributed by atoms with Gasteiger partial charge in [-0.3, -0.25) is 9.59 Å². The zero-order valence-electron chi connectivity index (χ0n) is 19.8. The summed E-state index contributed by atoms with van der Waals surface area (Å²) in [6, 6.07) is 17.8. The molecule has 0 radical (unpaired) electrons. The lowest BCUT2D eigenvalue weighted by molar-refractivity contribution is -0.138. The minimum absolute atomic E-state index is 0.0533. The van der Waals surface area contributed by atoms with Gasteiger partial charge in [-0.2, -0.15) is 13.2 Å². The van der Waals surface area contributed by atoms with Crippen molar-refractivity contribution in [3.63, 3.8) is 0 Å². The summed E-state index contributed by atoms with van der Waals surface area (Å²) in [5, 5.41) is 12.4. The minimum Gasteiger partial charge on any atom is -0.392 e. The van der Waals surface area contributed by atoms with Crippen LogP contribution < -0.4 is 5.32 Å². The molecule has 5 nitrogen and oxygen atoms in total. The van der Waals surface area contributed by atoms with E-state index in [1.165, 1.54) is 23.1 Å². The molecule has 3 aromatic rings. The number of carbonyl (C=O) groups excluding carboxylic acids is 2. The van der Waals surface area contributed by atoms with Gasteiger partial charge in [-0.15, -0.1) is 0 Å². The van der Waals surface area contributed by atoms with E-state index in [1.54, 1.807) is 48.5 Å². The van der Waals surface area contributed by atoms with Crippen molar-refractivity contribution in [3.05, 3.63) is 106 Å². The van der Waals surface area contributed by atoms with Crippen molar-refractivity contribution in [3.8, 4) is 0 Å². The van der Waals surface area contributed by atoms with Gasteiger partial charge >= 0.3 is 6.18 Å². The predicted molar refractivity (Wildman–Crippen MR) is 129 cm³/mol. The van der Waals surface area contributed by atoms with Crippen molar-refractivity contribution in [2.45, 2.75) is 44.6 Å². The molecule has 4 rings (SSSR count). The Balaban J connectivity index is 1.89. The van der Waals surface area contributed by atoms with E-state index >= 15 is 0 Å². The van der Waals surface area contributed by atoms with Crippen LogP contribution in [0.3, 0.4) is 0 Å². The molecule has 0 saturated heterocycles. The standard InChI is InChI=1S/C28H27F3N2O3/c1-2-15-32-26(35)24-21-8-4-5-9-22(21)27(36)33(25(24)19-13-11-18(17-34)12-14-19)16-20-7-3-6-10-23(20)28(29,30)31/h3-14,24-25,34H,2,15-17H2,1H3,(H,32,35)/t24-,25+/m1/s1. The first-order valence-corrected chi connectivity index (χ1v) is 11.8. The highest BCUT2D eigenvalue weighted by Gasteiger charge is 2.45. The highest BCUT2D eigenvalue weighted by molar-refractivity contribution is 6.01. The number of nitrogens with one attached hydrogen (secondary N) is 1. The average Bonchev–Trinajstić information content (AvgIpc) is 2.88. The van der Waals surface area contributed by atoms with E-state index in [2.05, 4.69) is 5.32 Å². The molecule has 188 valence electrons. The van der Waals surface area contributed by atoms with Crippen LogP contribution in [0, 0.1) is 0 Å². The van der Waals surface area contributed by atoms with E-state index in [1.807, 2.05) is 6.92 Å². The van der Waals surface area contributed by atoms with E-state index < -0.39 is 29.6 Å². The van der Waals surface area contributed by atoms with E-state index in [4.69, 9.17) is 0 Å². The average molecular weight is 497 g/mol. The molecule has 0 aliphatic carbocycles. The molecule has 1 aliphatic rings. The number of nitrogens with zero attached hydrogens (tertiary/aromatic N) is 1. The Labute approximate surface area is 207 Å². The van der Waals surface area contributed by atoms with E-state index in [-0.39, 0.29) is 24.6 Å². The molecule has 0 aromatic heterocycles. The zero-order chi connectivity index (χ0) is 25.9. The number of carbonyl (C=O) groups is 2. The number of halogens is 3. The fourth-order valence-corrected chi connectivity index (χ4v) is 4.72. The van der Waals surface area contributed by atoms with E-state index in [9.17, 15) is 27.9 Å². The topological polar surface area (TPSA) is 69.6 Å². The summed E-state index contributed by atoms with van der Waals surface area (Å²) in [7, 11) is 0. The third-order valence-electron chi connectivity index (χ3n) is 6.44. The van der Waals surface area contributed by atoms with Crippen molar-refractivity contribution < 1.29 is 27.9 Å². The highest BCUT2D eigenvalue weighted by atomic mass is 19.4. The van der Waals surface area contributed by atoms with Gasteiger partial charge in [0.2, 0.25) is 5.91 Å². The third kappa shape index (κ3) is 4.99. The second kappa shape index (κ2) is 10.5. The number of amides is 2. The van der Waals surface area contributed by atoms with Crippen LogP contribution in [-0.4, -0.2) is 28.4 Å². The zero-order valence-corrected chi connectivity index (χ0v) is 19.8. The summed E-state index contributed by atoms with van der Waals surface area (Å²) >= 11 is 0. The van der Waals surface area contributed by atoms with Crippen molar-refractivity contribution >= 4 is 11.8 Å². The number of aliphatic hydroxyl groups excluding tert-OH is 1. The van der Waals surface area contributed by atoms with Gasteiger partial charge in [0.1, 0.15) is 0 Å². The van der Waals surface area contributed by atoms with Crippen LogP contribution in [-0.2, 0) is 24.1 Å². The lowest BCUT2D eigenvalue weighted by Crippen LogP contribution is -2.47. The third-order valence-corrected chi connectivity index (χ3v) is 6.44. The Morgan fingerprint density at radius 1 is 1.00 bits per heavy atom. The van der Waals surface area contributed by atoms with Crippen LogP contribution in [0.15, 0.2) is 72.8 Å². The second-order valence-corrected chi connectivity index (χ2v) is 8.79. The summed E-state index contributed by atoms with van der Waals surface area (Å²) in [4.78, 5) is 28.6. The Bertz CT molecular complexity index is 1240. The molecule has 2 atom stereocenters. The molecule has 0 saturated carbocycles. The molecule has 1 heterocycles. The number of rotatable bonds is 7. The van der Waals surface area contributed by atoms with Crippen LogP contribution in [0.2, 0.25) is 0 Å². The van der Waals surface area contributed by atoms with E-state index in [0.717, 1.165) is 6.07 Å². The van der Waals surface area contributed by atoms with Gasteiger partial charge in [0.05, 0.1) is 24.1 Å². The lowest BCUT2D eigenvalue weighted by atomic mass is 9.78. The van der Waals surface area contributed by atoms with Gasteiger partial charge in [-0.25, -0.2) is 0 Å². The minimum atomic E-state index is -4.59. The Kier molecular flexibility index (Phi) is 7.45. The first kappa shape index (κ1) is 25.4. The van der Waals surface area contributed by atoms with E-state index in [0.29, 0.717) is 35.2 Å². The summed E-state index contributed by atoms with van der Waals surface area (Å²) in [6.07, 6.45) is -3.89. The Hall–Kier alpha value is -3.65. The largest absolute Gasteiger partial charge is 0.416 e. The van der Waals surface area contributed by atoms with Gasteiger partial charge in [-0.05, 0) is 40.8 Å². The molecule has 0 spiro atoms. The lowest BCUT2D eigenvalue weighted by Gasteiger charge is -2.42. The van der Waals surface area contributed by atoms with Crippen LogP contribution in [0.1, 0.15) is 63.5 Å². The van der Waals surface area contributed by atoms with Crippen LogP contribution in [0.5, 0.6) is 0 Å². The molecular formula is C28H27F3N2O3. The van der Waals surface area contributed by atoms with Crippen LogP contribution in [0.25, 0.3) is 0 Å². The molecular weight excluding hydrogens is 469 g/mol. The highest BCUT2D eigenvalue weighted by Crippen LogP contribution is 2.44. The number of aliphatic hydroxyl groups is 1. The van der Waals surface area contributed by atoms with Gasteiger partial charge < -0.3 is 15.3 Å². The maximum absolute atomic E-state index is 13.8. The SMILES string of the molecule is CCCNC(=O)[C@@H]1c2ccccc2C(=O)N(Cc2ccccc2C(F)(F)F)[C@H]1c1ccc(CO)cc1. The summed E-state index contributed by atoms with van der Waals surface area (Å²) in [6.45, 7) is 1.84. The fraction of sp³-hybridized carbons (Fsp3) is 0.286. The number of benzene rings is 3. The molecule has 2 amide bonds. The molecule has 8 heteroatoms. The summed E-state index contributed by atoms with van der Waals surface area (Å²) in [5.74, 6) is -1.58. The van der Waals surface area contributed by atoms with Crippen molar-refractivity contribution in [1.82, 2.24) is 10.2 Å². The number of fused-ring (bicyclic) bond motifs is 1. The predicted octanol–water partition coefficient (Wildman–Crippen LogP) is 5.20. The van der Waals surface area contributed by atoms with Crippen molar-refractivity contribution in [2.24, 2.45) is 0 Å². The summed E-state index contributed by atoms with van der Waals surface area (Å²) in [5.41, 5.74) is 1.19. The van der Waals surface area contributed by atoms with Gasteiger partial charge in [0.25, 0.3) is 5.91 Å². The summed E-state index contributed by atoms with van der Waals surface area (Å²) < 4.78 is 41.4. The van der Waals surface area contributed by atoms with Crippen molar-refractivity contribution in [2.75, 3.05) is 6.54 Å². The maximum atomic E-state index is 13.8. The number of alkyl halides is 3.